The summed E-state index contributed by atoms with van der Waals surface area (Å²) < 4.78 is 13.4. The van der Waals surface area contributed by atoms with Gasteiger partial charge >= 0.3 is 0 Å². The summed E-state index contributed by atoms with van der Waals surface area (Å²) in [5.41, 5.74) is 2.86. The number of aliphatic hydroxyl groups is 1. The standard InChI is InChI=1S/C26H28ClN3O3/c1-3-15-32-18-22(31)16-30(21-11-12-21)17-24-25(19-7-5-4-6-8-19)28-29(2)26(24)33-23-13-9-20(27)10-14-23/h1,4-10,13-14,21-22,31H,11-12,15-18H2,2H3. The highest BCUT2D eigenvalue weighted by Gasteiger charge is 2.33. The summed E-state index contributed by atoms with van der Waals surface area (Å²) in [6, 6.07) is 17.8. The van der Waals surface area contributed by atoms with Crippen molar-refractivity contribution in [3.63, 3.8) is 0 Å². The Morgan fingerprint density at radius 3 is 2.61 bits per heavy atom. The Kier molecular flexibility index (Phi) is 7.69. The smallest absolute Gasteiger partial charge is 0.222 e. The van der Waals surface area contributed by atoms with Gasteiger partial charge in [0.25, 0.3) is 0 Å². The zero-order valence-electron chi connectivity index (χ0n) is 18.7. The van der Waals surface area contributed by atoms with E-state index in [0.717, 1.165) is 29.7 Å². The van der Waals surface area contributed by atoms with Crippen LogP contribution in [0.25, 0.3) is 11.3 Å². The van der Waals surface area contributed by atoms with Crippen LogP contribution in [0.3, 0.4) is 0 Å². The van der Waals surface area contributed by atoms with Gasteiger partial charge in [0.1, 0.15) is 18.1 Å². The summed E-state index contributed by atoms with van der Waals surface area (Å²) in [7, 11) is 1.88. The highest BCUT2D eigenvalue weighted by atomic mass is 35.5. The molecule has 0 radical (unpaired) electrons. The third-order valence-corrected chi connectivity index (χ3v) is 5.78. The molecular formula is C26H28ClN3O3. The molecule has 1 N–H and O–H groups in total. The number of aromatic nitrogens is 2. The highest BCUT2D eigenvalue weighted by Crippen LogP contribution is 2.37. The lowest BCUT2D eigenvalue weighted by Crippen LogP contribution is -2.36. The maximum atomic E-state index is 10.5. The molecule has 0 amide bonds. The van der Waals surface area contributed by atoms with Gasteiger partial charge in [-0.3, -0.25) is 4.90 Å². The maximum Gasteiger partial charge on any atom is 0.222 e. The summed E-state index contributed by atoms with van der Waals surface area (Å²) in [5, 5.41) is 16.0. The topological polar surface area (TPSA) is 59.8 Å². The molecule has 0 spiro atoms. The zero-order chi connectivity index (χ0) is 23.2. The van der Waals surface area contributed by atoms with Crippen LogP contribution in [0, 0.1) is 12.3 Å². The molecule has 3 aromatic rings. The number of halogens is 1. The number of benzene rings is 2. The lowest BCUT2D eigenvalue weighted by Gasteiger charge is -2.25. The molecular weight excluding hydrogens is 438 g/mol. The predicted octanol–water partition coefficient (Wildman–Crippen LogP) is 4.51. The Bertz CT molecular complexity index is 1090. The van der Waals surface area contributed by atoms with Crippen LogP contribution in [0.1, 0.15) is 18.4 Å². The Morgan fingerprint density at radius 2 is 1.94 bits per heavy atom. The van der Waals surface area contributed by atoms with Crippen molar-refractivity contribution in [1.82, 2.24) is 14.7 Å². The molecule has 1 unspecified atom stereocenters. The van der Waals surface area contributed by atoms with E-state index in [9.17, 15) is 5.11 Å². The number of ether oxygens (including phenoxy) is 2. The van der Waals surface area contributed by atoms with Gasteiger partial charge < -0.3 is 14.6 Å². The summed E-state index contributed by atoms with van der Waals surface area (Å²) in [6.07, 6.45) is 6.82. The Balaban J connectivity index is 1.63. The van der Waals surface area contributed by atoms with Crippen LogP contribution in [-0.4, -0.2) is 51.7 Å². The highest BCUT2D eigenvalue weighted by molar-refractivity contribution is 6.30. The number of hydrogen-bond acceptors (Lipinski definition) is 5. The minimum atomic E-state index is -0.628. The predicted molar refractivity (Wildman–Crippen MR) is 129 cm³/mol. The van der Waals surface area contributed by atoms with E-state index in [1.165, 1.54) is 0 Å². The summed E-state index contributed by atoms with van der Waals surface area (Å²) in [5.74, 6) is 3.78. The molecule has 0 aliphatic heterocycles. The van der Waals surface area contributed by atoms with E-state index in [2.05, 4.69) is 10.8 Å². The normalized spacial score (nSPS) is 14.3. The van der Waals surface area contributed by atoms with Crippen LogP contribution < -0.4 is 4.74 Å². The van der Waals surface area contributed by atoms with E-state index >= 15 is 0 Å². The van der Waals surface area contributed by atoms with Crippen molar-refractivity contribution in [2.24, 2.45) is 7.05 Å². The van der Waals surface area contributed by atoms with Crippen LogP contribution in [0.4, 0.5) is 0 Å². The molecule has 6 nitrogen and oxygen atoms in total. The van der Waals surface area contributed by atoms with E-state index < -0.39 is 6.10 Å². The van der Waals surface area contributed by atoms with Gasteiger partial charge in [0.2, 0.25) is 5.88 Å². The molecule has 1 aliphatic carbocycles. The van der Waals surface area contributed by atoms with Crippen molar-refractivity contribution >= 4 is 11.6 Å². The summed E-state index contributed by atoms with van der Waals surface area (Å²) >= 11 is 6.04. The largest absolute Gasteiger partial charge is 0.439 e. The maximum absolute atomic E-state index is 10.5. The third kappa shape index (κ3) is 6.16. The number of hydrogen-bond donors (Lipinski definition) is 1. The van der Waals surface area contributed by atoms with E-state index in [1.807, 2.05) is 49.5 Å². The van der Waals surface area contributed by atoms with E-state index in [0.29, 0.717) is 35.8 Å². The Morgan fingerprint density at radius 1 is 1.21 bits per heavy atom. The van der Waals surface area contributed by atoms with Gasteiger partial charge in [-0.15, -0.1) is 6.42 Å². The van der Waals surface area contributed by atoms with Crippen molar-refractivity contribution in [1.29, 1.82) is 0 Å². The molecule has 1 saturated carbocycles. The first-order valence-corrected chi connectivity index (χ1v) is 11.4. The van der Waals surface area contributed by atoms with Gasteiger partial charge in [-0.25, -0.2) is 4.68 Å². The molecule has 1 aliphatic rings. The SMILES string of the molecule is C#CCOCC(O)CN(Cc1c(-c2ccccc2)nn(C)c1Oc1ccc(Cl)cc1)C1CC1. The fourth-order valence-electron chi connectivity index (χ4n) is 3.83. The van der Waals surface area contributed by atoms with Crippen molar-refractivity contribution in [3.8, 4) is 35.2 Å². The van der Waals surface area contributed by atoms with Crippen molar-refractivity contribution in [2.45, 2.75) is 31.5 Å². The Labute approximate surface area is 199 Å². The second-order valence-electron chi connectivity index (χ2n) is 8.21. The lowest BCUT2D eigenvalue weighted by atomic mass is 10.1. The second-order valence-corrected chi connectivity index (χ2v) is 8.65. The van der Waals surface area contributed by atoms with E-state index in [-0.39, 0.29) is 13.2 Å². The van der Waals surface area contributed by atoms with E-state index in [1.54, 1.807) is 16.8 Å². The summed E-state index contributed by atoms with van der Waals surface area (Å²) in [6.45, 7) is 1.48. The summed E-state index contributed by atoms with van der Waals surface area (Å²) in [4.78, 5) is 2.28. The van der Waals surface area contributed by atoms with Gasteiger partial charge in [-0.05, 0) is 37.1 Å². The van der Waals surface area contributed by atoms with Gasteiger partial charge in [0.15, 0.2) is 0 Å². The molecule has 33 heavy (non-hydrogen) atoms. The molecule has 2 aromatic carbocycles. The zero-order valence-corrected chi connectivity index (χ0v) is 19.4. The molecule has 0 bridgehead atoms. The second kappa shape index (κ2) is 10.9. The number of nitrogens with zero attached hydrogens (tertiary/aromatic N) is 3. The Hall–Kier alpha value is -2.82. The lowest BCUT2D eigenvalue weighted by molar-refractivity contribution is 0.0241. The van der Waals surface area contributed by atoms with Crippen molar-refractivity contribution in [2.75, 3.05) is 19.8 Å². The van der Waals surface area contributed by atoms with Crippen LogP contribution in [0.15, 0.2) is 54.6 Å². The van der Waals surface area contributed by atoms with Gasteiger partial charge in [0, 0.05) is 36.8 Å². The third-order valence-electron chi connectivity index (χ3n) is 5.53. The molecule has 0 saturated heterocycles. The molecule has 1 fully saturated rings. The van der Waals surface area contributed by atoms with Crippen LogP contribution in [0.2, 0.25) is 5.02 Å². The number of rotatable bonds is 11. The first kappa shape index (κ1) is 23.3. The quantitative estimate of drug-likeness (QED) is 0.333. The molecule has 1 atom stereocenters. The number of terminal acetylenes is 1. The van der Waals surface area contributed by atoms with Crippen molar-refractivity contribution < 1.29 is 14.6 Å². The molecule has 1 aromatic heterocycles. The van der Waals surface area contributed by atoms with Gasteiger partial charge in [0.05, 0.1) is 18.3 Å². The molecule has 1 heterocycles. The fourth-order valence-corrected chi connectivity index (χ4v) is 3.95. The van der Waals surface area contributed by atoms with Crippen molar-refractivity contribution in [3.05, 3.63) is 65.2 Å². The molecule has 7 heteroatoms. The van der Waals surface area contributed by atoms with Gasteiger partial charge in [-0.2, -0.15) is 5.10 Å². The monoisotopic (exact) mass is 465 g/mol. The number of aliphatic hydroxyl groups excluding tert-OH is 1. The van der Waals surface area contributed by atoms with Crippen LogP contribution in [-0.2, 0) is 18.3 Å². The molecule has 4 rings (SSSR count). The first-order valence-electron chi connectivity index (χ1n) is 11.0. The fraction of sp³-hybridized carbons (Fsp3) is 0.346. The number of aryl methyl sites for hydroxylation is 1. The average molecular weight is 466 g/mol. The van der Waals surface area contributed by atoms with Crippen LogP contribution in [0.5, 0.6) is 11.6 Å². The van der Waals surface area contributed by atoms with Gasteiger partial charge in [-0.1, -0.05) is 47.9 Å². The molecule has 172 valence electrons. The van der Waals surface area contributed by atoms with E-state index in [4.69, 9.17) is 32.6 Å². The average Bonchev–Trinajstić information content (AvgIpc) is 3.62. The van der Waals surface area contributed by atoms with Crippen LogP contribution >= 0.6 is 11.6 Å². The minimum absolute atomic E-state index is 0.195. The minimum Gasteiger partial charge on any atom is -0.439 e. The first-order chi connectivity index (χ1) is 16.0.